The fourth-order valence-electron chi connectivity index (χ4n) is 6.81. The number of aliphatic hydroxyl groups is 1. The van der Waals surface area contributed by atoms with E-state index >= 15 is 0 Å². The summed E-state index contributed by atoms with van der Waals surface area (Å²) in [6.07, 6.45) is 1.34. The zero-order valence-electron chi connectivity index (χ0n) is 23.4. The van der Waals surface area contributed by atoms with Crippen molar-refractivity contribution in [2.24, 2.45) is 17.8 Å². The molecule has 3 saturated heterocycles. The van der Waals surface area contributed by atoms with Crippen molar-refractivity contribution < 1.29 is 19.5 Å². The summed E-state index contributed by atoms with van der Waals surface area (Å²) in [5.41, 5.74) is 3.66. The zero-order chi connectivity index (χ0) is 28.8. The SMILES string of the molecule is CC[C@H](C)[C@H](CO)N1C(=O)[C@@H]2[C@@H](C(=O)NCc3ccccc3)[C@@H]3SC2(CC3Br)C1C(=O)Nc1cc(C)ccc1C. The summed E-state index contributed by atoms with van der Waals surface area (Å²) in [7, 11) is 0. The van der Waals surface area contributed by atoms with Crippen LogP contribution in [0.4, 0.5) is 5.69 Å². The van der Waals surface area contributed by atoms with Crippen LogP contribution in [0.5, 0.6) is 0 Å². The van der Waals surface area contributed by atoms with Gasteiger partial charge >= 0.3 is 0 Å². The van der Waals surface area contributed by atoms with Crippen LogP contribution < -0.4 is 10.6 Å². The van der Waals surface area contributed by atoms with Crippen molar-refractivity contribution in [1.29, 1.82) is 0 Å². The van der Waals surface area contributed by atoms with Gasteiger partial charge in [-0.25, -0.2) is 0 Å². The number of thioether (sulfide) groups is 1. The van der Waals surface area contributed by atoms with Crippen LogP contribution in [0, 0.1) is 31.6 Å². The number of benzene rings is 2. The molecule has 0 radical (unpaired) electrons. The lowest BCUT2D eigenvalue weighted by Gasteiger charge is -2.39. The molecule has 3 amide bonds. The number of aliphatic hydroxyl groups excluding tert-OH is 1. The average Bonchev–Trinajstić information content (AvgIpc) is 3.53. The third-order valence-electron chi connectivity index (χ3n) is 9.08. The van der Waals surface area contributed by atoms with Crippen molar-refractivity contribution in [3.05, 3.63) is 65.2 Å². The number of likely N-dealkylation sites (tertiary alicyclic amines) is 1. The van der Waals surface area contributed by atoms with Gasteiger partial charge in [0.15, 0.2) is 0 Å². The Balaban J connectivity index is 1.52. The highest BCUT2D eigenvalue weighted by molar-refractivity contribution is 9.09. The van der Waals surface area contributed by atoms with E-state index in [0.29, 0.717) is 18.7 Å². The van der Waals surface area contributed by atoms with Gasteiger partial charge in [0.2, 0.25) is 17.7 Å². The van der Waals surface area contributed by atoms with Crippen LogP contribution in [-0.4, -0.2) is 61.2 Å². The van der Waals surface area contributed by atoms with E-state index in [1.165, 1.54) is 0 Å². The third-order valence-corrected chi connectivity index (χ3v) is 12.3. The molecule has 0 saturated carbocycles. The summed E-state index contributed by atoms with van der Waals surface area (Å²) >= 11 is 5.43. The van der Waals surface area contributed by atoms with Crippen LogP contribution in [0.2, 0.25) is 0 Å². The lowest BCUT2D eigenvalue weighted by Crippen LogP contribution is -2.56. The van der Waals surface area contributed by atoms with E-state index in [-0.39, 0.29) is 40.3 Å². The Labute approximate surface area is 249 Å². The molecule has 2 aromatic carbocycles. The van der Waals surface area contributed by atoms with E-state index in [9.17, 15) is 19.5 Å². The van der Waals surface area contributed by atoms with Gasteiger partial charge in [-0.2, -0.15) is 0 Å². The Morgan fingerprint density at radius 2 is 1.90 bits per heavy atom. The number of fused-ring (bicyclic) bond motifs is 1. The Kier molecular flexibility index (Phi) is 8.37. The second-order valence-corrected chi connectivity index (χ2v) is 14.3. The number of halogens is 1. The minimum absolute atomic E-state index is 0.0128. The number of hydrogen-bond donors (Lipinski definition) is 3. The number of aryl methyl sites for hydroxylation is 2. The van der Waals surface area contributed by atoms with Gasteiger partial charge in [0.05, 0.1) is 29.2 Å². The van der Waals surface area contributed by atoms with Crippen LogP contribution in [0.1, 0.15) is 43.4 Å². The molecule has 1 spiro atoms. The van der Waals surface area contributed by atoms with Crippen molar-refractivity contribution in [2.45, 2.75) is 74.0 Å². The fourth-order valence-corrected chi connectivity index (χ4v) is 10.4. The van der Waals surface area contributed by atoms with Crippen LogP contribution in [0.25, 0.3) is 0 Å². The number of carbonyl (C=O) groups is 3. The Morgan fingerprint density at radius 1 is 1.18 bits per heavy atom. The summed E-state index contributed by atoms with van der Waals surface area (Å²) < 4.78 is -0.770. The molecular formula is C31H38BrN3O4S. The molecule has 3 heterocycles. The van der Waals surface area contributed by atoms with Crippen molar-refractivity contribution in [2.75, 3.05) is 11.9 Å². The topological polar surface area (TPSA) is 98.7 Å². The Morgan fingerprint density at radius 3 is 2.58 bits per heavy atom. The first-order valence-corrected chi connectivity index (χ1v) is 15.9. The quantitative estimate of drug-likeness (QED) is 0.357. The van der Waals surface area contributed by atoms with E-state index in [0.717, 1.165) is 23.1 Å². The predicted molar refractivity (Wildman–Crippen MR) is 162 cm³/mol. The van der Waals surface area contributed by atoms with Crippen molar-refractivity contribution >= 4 is 51.1 Å². The normalized spacial score (nSPS) is 30.2. The molecule has 0 aliphatic carbocycles. The summed E-state index contributed by atoms with van der Waals surface area (Å²) in [4.78, 5) is 44.1. The molecule has 5 rings (SSSR count). The molecule has 3 aliphatic rings. The van der Waals surface area contributed by atoms with E-state index in [4.69, 9.17) is 0 Å². The average molecular weight is 629 g/mol. The molecule has 8 atom stereocenters. The highest BCUT2D eigenvalue weighted by Crippen LogP contribution is 2.68. The van der Waals surface area contributed by atoms with Gasteiger partial charge < -0.3 is 20.6 Å². The number of amides is 3. The standard InChI is InChI=1S/C31H38BrN3O4S/c1-5-18(3)23(16-36)35-27(29(38)34-22-13-17(2)11-12-19(22)4)31-14-21(32)26(40-31)24(25(31)30(35)39)28(37)33-15-20-9-7-6-8-10-20/h6-13,18,21,23-27,36H,5,14-16H2,1-4H3,(H,33,37)(H,34,38)/t18-,21?,23-,24+,25-,26+,27?,31?/m0/s1. The molecule has 7 nitrogen and oxygen atoms in total. The van der Waals surface area contributed by atoms with Gasteiger partial charge in [0, 0.05) is 22.3 Å². The highest BCUT2D eigenvalue weighted by atomic mass is 79.9. The second-order valence-electron chi connectivity index (χ2n) is 11.6. The first-order chi connectivity index (χ1) is 19.1. The number of nitrogens with one attached hydrogen (secondary N) is 2. The maximum Gasteiger partial charge on any atom is 0.248 e. The first-order valence-electron chi connectivity index (χ1n) is 14.1. The lowest BCUT2D eigenvalue weighted by molar-refractivity contribution is -0.143. The molecular weight excluding hydrogens is 590 g/mol. The van der Waals surface area contributed by atoms with E-state index < -0.39 is 28.7 Å². The van der Waals surface area contributed by atoms with Crippen LogP contribution in [0.3, 0.4) is 0 Å². The molecule has 3 fully saturated rings. The summed E-state index contributed by atoms with van der Waals surface area (Å²) in [5, 5.41) is 16.6. The number of alkyl halides is 1. The molecule has 0 aromatic heterocycles. The third kappa shape index (κ3) is 4.88. The number of carbonyl (C=O) groups excluding carboxylic acids is 3. The maximum atomic E-state index is 14.4. The Hall–Kier alpha value is -2.36. The monoisotopic (exact) mass is 627 g/mol. The van der Waals surface area contributed by atoms with Gasteiger partial charge in [0.1, 0.15) is 6.04 Å². The van der Waals surface area contributed by atoms with Gasteiger partial charge in [-0.05, 0) is 48.9 Å². The lowest BCUT2D eigenvalue weighted by atomic mass is 9.70. The number of hydrogen-bond acceptors (Lipinski definition) is 5. The summed E-state index contributed by atoms with van der Waals surface area (Å²) in [6, 6.07) is 14.3. The number of nitrogens with zero attached hydrogens (tertiary/aromatic N) is 1. The van der Waals surface area contributed by atoms with E-state index in [2.05, 4.69) is 26.6 Å². The van der Waals surface area contributed by atoms with Gasteiger partial charge in [-0.1, -0.05) is 78.7 Å². The molecule has 40 heavy (non-hydrogen) atoms. The molecule has 2 aromatic rings. The second kappa shape index (κ2) is 11.5. The number of anilines is 1. The van der Waals surface area contributed by atoms with Gasteiger partial charge in [0.25, 0.3) is 0 Å². The van der Waals surface area contributed by atoms with Crippen molar-refractivity contribution in [1.82, 2.24) is 10.2 Å². The van der Waals surface area contributed by atoms with Gasteiger partial charge in [-0.3, -0.25) is 14.4 Å². The molecule has 3 N–H and O–H groups in total. The zero-order valence-corrected chi connectivity index (χ0v) is 25.8. The largest absolute Gasteiger partial charge is 0.394 e. The number of rotatable bonds is 9. The molecule has 214 valence electrons. The molecule has 3 aliphatic heterocycles. The van der Waals surface area contributed by atoms with Crippen LogP contribution in [-0.2, 0) is 20.9 Å². The van der Waals surface area contributed by atoms with Crippen LogP contribution in [0.15, 0.2) is 48.5 Å². The van der Waals surface area contributed by atoms with E-state index in [1.54, 1.807) is 16.7 Å². The summed E-state index contributed by atoms with van der Waals surface area (Å²) in [6.45, 7) is 8.08. The minimum Gasteiger partial charge on any atom is -0.394 e. The van der Waals surface area contributed by atoms with Crippen molar-refractivity contribution in [3.63, 3.8) is 0 Å². The first kappa shape index (κ1) is 29.1. The van der Waals surface area contributed by atoms with Crippen LogP contribution >= 0.6 is 27.7 Å². The Bertz CT molecular complexity index is 1290. The highest BCUT2D eigenvalue weighted by Gasteiger charge is 2.76. The van der Waals surface area contributed by atoms with Crippen molar-refractivity contribution in [3.8, 4) is 0 Å². The molecule has 3 unspecified atom stereocenters. The van der Waals surface area contributed by atoms with E-state index in [1.807, 2.05) is 76.2 Å². The minimum atomic E-state index is -0.807. The smallest absolute Gasteiger partial charge is 0.248 e. The fraction of sp³-hybridized carbons (Fsp3) is 0.516. The maximum absolute atomic E-state index is 14.4. The molecule has 9 heteroatoms. The molecule has 2 bridgehead atoms. The summed E-state index contributed by atoms with van der Waals surface area (Å²) in [5.74, 6) is -1.85. The predicted octanol–water partition coefficient (Wildman–Crippen LogP) is 4.43. The van der Waals surface area contributed by atoms with Gasteiger partial charge in [-0.15, -0.1) is 11.8 Å².